The molecule has 1 aliphatic heterocycles. The Hall–Kier alpha value is -2.82. The van der Waals surface area contributed by atoms with Gasteiger partial charge in [-0.2, -0.15) is 0 Å². The molecule has 1 heterocycles. The summed E-state index contributed by atoms with van der Waals surface area (Å²) in [6, 6.07) is 18.2. The van der Waals surface area contributed by atoms with Crippen molar-refractivity contribution in [3.63, 3.8) is 0 Å². The van der Waals surface area contributed by atoms with E-state index in [2.05, 4.69) is 17.4 Å². The minimum atomic E-state index is -0.266. The standard InChI is InChI=1S/C24H28N2O3/c1-29-21-11-7-18(8-12-21)15-26-16-20(14-23(26)27)24(28)25-22(19-9-10-19)13-17-5-3-2-4-6-17/h2-8,11-12,19-20,22H,9-10,13-16H2,1H3,(H,25,28). The molecule has 0 aromatic heterocycles. The fraction of sp³-hybridized carbons (Fsp3) is 0.417. The van der Waals surface area contributed by atoms with E-state index >= 15 is 0 Å². The van der Waals surface area contributed by atoms with E-state index in [1.807, 2.05) is 42.5 Å². The minimum absolute atomic E-state index is 0.0170. The second kappa shape index (κ2) is 8.68. The van der Waals surface area contributed by atoms with E-state index in [0.29, 0.717) is 25.4 Å². The van der Waals surface area contributed by atoms with Crippen molar-refractivity contribution in [1.82, 2.24) is 10.2 Å². The number of methoxy groups -OCH3 is 1. The van der Waals surface area contributed by atoms with Crippen molar-refractivity contribution in [3.8, 4) is 5.75 Å². The summed E-state index contributed by atoms with van der Waals surface area (Å²) in [5.41, 5.74) is 2.29. The third kappa shape index (κ3) is 4.97. The number of ether oxygens (including phenoxy) is 1. The summed E-state index contributed by atoms with van der Waals surface area (Å²) in [6.45, 7) is 1.02. The summed E-state index contributed by atoms with van der Waals surface area (Å²) < 4.78 is 5.18. The highest BCUT2D eigenvalue weighted by atomic mass is 16.5. The lowest BCUT2D eigenvalue weighted by Crippen LogP contribution is -2.42. The summed E-state index contributed by atoms with van der Waals surface area (Å²) in [5.74, 6) is 1.16. The predicted octanol–water partition coefficient (Wildman–Crippen LogP) is 3.18. The van der Waals surface area contributed by atoms with Crippen molar-refractivity contribution in [3.05, 3.63) is 65.7 Å². The normalized spacial score (nSPS) is 19.8. The molecule has 1 saturated carbocycles. The van der Waals surface area contributed by atoms with Crippen LogP contribution >= 0.6 is 0 Å². The molecule has 152 valence electrons. The van der Waals surface area contributed by atoms with Crippen LogP contribution in [0.4, 0.5) is 0 Å². The van der Waals surface area contributed by atoms with Crippen LogP contribution in [0.3, 0.4) is 0 Å². The Kier molecular flexibility index (Phi) is 5.84. The summed E-state index contributed by atoms with van der Waals surface area (Å²) >= 11 is 0. The lowest BCUT2D eigenvalue weighted by Gasteiger charge is -2.21. The van der Waals surface area contributed by atoms with Crippen molar-refractivity contribution >= 4 is 11.8 Å². The molecule has 2 atom stereocenters. The summed E-state index contributed by atoms with van der Waals surface area (Å²) in [7, 11) is 1.63. The molecule has 5 heteroatoms. The second-order valence-electron chi connectivity index (χ2n) is 8.17. The van der Waals surface area contributed by atoms with Gasteiger partial charge in [0, 0.05) is 25.6 Å². The van der Waals surface area contributed by atoms with E-state index in [1.54, 1.807) is 12.0 Å². The zero-order valence-corrected chi connectivity index (χ0v) is 16.8. The molecule has 0 bridgehead atoms. The van der Waals surface area contributed by atoms with E-state index in [9.17, 15) is 9.59 Å². The van der Waals surface area contributed by atoms with Crippen LogP contribution in [0.5, 0.6) is 5.75 Å². The third-order valence-electron chi connectivity index (χ3n) is 5.93. The highest BCUT2D eigenvalue weighted by Crippen LogP contribution is 2.34. The topological polar surface area (TPSA) is 58.6 Å². The van der Waals surface area contributed by atoms with Crippen LogP contribution in [0, 0.1) is 11.8 Å². The first-order valence-corrected chi connectivity index (χ1v) is 10.4. The molecule has 5 nitrogen and oxygen atoms in total. The first kappa shape index (κ1) is 19.5. The maximum atomic E-state index is 12.9. The van der Waals surface area contributed by atoms with Gasteiger partial charge in [-0.25, -0.2) is 0 Å². The maximum absolute atomic E-state index is 12.9. The molecule has 2 unspecified atom stereocenters. The molecule has 1 N–H and O–H groups in total. The smallest absolute Gasteiger partial charge is 0.225 e. The fourth-order valence-corrected chi connectivity index (χ4v) is 4.05. The largest absolute Gasteiger partial charge is 0.497 e. The molecule has 0 spiro atoms. The highest BCUT2D eigenvalue weighted by Gasteiger charge is 2.38. The van der Waals surface area contributed by atoms with Gasteiger partial charge in [0.15, 0.2) is 0 Å². The lowest BCUT2D eigenvalue weighted by molar-refractivity contribution is -0.129. The Balaban J connectivity index is 1.34. The van der Waals surface area contributed by atoms with Gasteiger partial charge in [-0.15, -0.1) is 0 Å². The van der Waals surface area contributed by atoms with Crippen molar-refractivity contribution in [2.24, 2.45) is 11.8 Å². The van der Waals surface area contributed by atoms with Gasteiger partial charge in [-0.1, -0.05) is 42.5 Å². The van der Waals surface area contributed by atoms with E-state index < -0.39 is 0 Å². The van der Waals surface area contributed by atoms with Gasteiger partial charge in [0.25, 0.3) is 0 Å². The van der Waals surface area contributed by atoms with Crippen LogP contribution in [0.25, 0.3) is 0 Å². The van der Waals surface area contributed by atoms with Crippen molar-refractivity contribution in [1.29, 1.82) is 0 Å². The number of hydrogen-bond acceptors (Lipinski definition) is 3. The Morgan fingerprint density at radius 2 is 1.83 bits per heavy atom. The third-order valence-corrected chi connectivity index (χ3v) is 5.93. The predicted molar refractivity (Wildman–Crippen MR) is 111 cm³/mol. The zero-order valence-electron chi connectivity index (χ0n) is 16.8. The van der Waals surface area contributed by atoms with Crippen molar-refractivity contribution < 1.29 is 14.3 Å². The van der Waals surface area contributed by atoms with Crippen LogP contribution in [-0.4, -0.2) is 36.4 Å². The van der Waals surface area contributed by atoms with Gasteiger partial charge in [0.2, 0.25) is 11.8 Å². The van der Waals surface area contributed by atoms with Crippen molar-refractivity contribution in [2.45, 2.75) is 38.3 Å². The summed E-state index contributed by atoms with van der Waals surface area (Å²) in [5, 5.41) is 3.26. The van der Waals surface area contributed by atoms with Gasteiger partial charge in [0.1, 0.15) is 5.75 Å². The lowest BCUT2D eigenvalue weighted by atomic mass is 10.0. The number of amides is 2. The fourth-order valence-electron chi connectivity index (χ4n) is 4.05. The summed E-state index contributed by atoms with van der Waals surface area (Å²) in [4.78, 5) is 27.1. The number of likely N-dealkylation sites (tertiary alicyclic amines) is 1. The van der Waals surface area contributed by atoms with Gasteiger partial charge in [-0.05, 0) is 48.4 Å². The molecule has 4 rings (SSSR count). The molecule has 2 aliphatic rings. The Labute approximate surface area is 172 Å². The first-order valence-electron chi connectivity index (χ1n) is 10.4. The van der Waals surface area contributed by atoms with E-state index in [1.165, 1.54) is 18.4 Å². The number of hydrogen-bond donors (Lipinski definition) is 1. The zero-order chi connectivity index (χ0) is 20.2. The number of nitrogens with one attached hydrogen (secondary N) is 1. The quantitative estimate of drug-likeness (QED) is 0.751. The molecule has 2 aromatic carbocycles. The molecule has 2 aromatic rings. The average Bonchev–Trinajstić information content (AvgIpc) is 3.53. The van der Waals surface area contributed by atoms with Crippen molar-refractivity contribution in [2.75, 3.05) is 13.7 Å². The van der Waals surface area contributed by atoms with Gasteiger partial charge in [-0.3, -0.25) is 9.59 Å². The molecule has 1 saturated heterocycles. The van der Waals surface area contributed by atoms with E-state index in [-0.39, 0.29) is 23.8 Å². The summed E-state index contributed by atoms with van der Waals surface area (Å²) in [6.07, 6.45) is 3.49. The molecule has 29 heavy (non-hydrogen) atoms. The van der Waals surface area contributed by atoms with Gasteiger partial charge >= 0.3 is 0 Å². The maximum Gasteiger partial charge on any atom is 0.225 e. The number of rotatable bonds is 8. The SMILES string of the molecule is COc1ccc(CN2CC(C(=O)NC(Cc3ccccc3)C3CC3)CC2=O)cc1. The van der Waals surface area contributed by atoms with Gasteiger partial charge in [0.05, 0.1) is 13.0 Å². The number of benzene rings is 2. The number of carbonyl (C=O) groups excluding carboxylic acids is 2. The molecular formula is C24H28N2O3. The average molecular weight is 392 g/mol. The number of carbonyl (C=O) groups is 2. The highest BCUT2D eigenvalue weighted by molar-refractivity contribution is 5.89. The second-order valence-corrected chi connectivity index (χ2v) is 8.17. The molecule has 2 amide bonds. The number of nitrogens with zero attached hydrogens (tertiary/aromatic N) is 1. The van der Waals surface area contributed by atoms with E-state index in [0.717, 1.165) is 17.7 Å². The molecule has 1 aliphatic carbocycles. The Morgan fingerprint density at radius 3 is 2.48 bits per heavy atom. The molecule has 0 radical (unpaired) electrons. The molecule has 2 fully saturated rings. The van der Waals surface area contributed by atoms with Crippen LogP contribution in [0.15, 0.2) is 54.6 Å². The van der Waals surface area contributed by atoms with Crippen LogP contribution in [0.2, 0.25) is 0 Å². The monoisotopic (exact) mass is 392 g/mol. The van der Waals surface area contributed by atoms with E-state index in [4.69, 9.17) is 4.74 Å². The van der Waals surface area contributed by atoms with Crippen LogP contribution in [0.1, 0.15) is 30.4 Å². The first-order chi connectivity index (χ1) is 14.1. The van der Waals surface area contributed by atoms with Gasteiger partial charge < -0.3 is 15.0 Å². The molecular weight excluding hydrogens is 364 g/mol. The Morgan fingerprint density at radius 1 is 1.10 bits per heavy atom. The Bertz CT molecular complexity index is 846. The minimum Gasteiger partial charge on any atom is -0.497 e. The van der Waals surface area contributed by atoms with Crippen LogP contribution in [-0.2, 0) is 22.6 Å². The van der Waals surface area contributed by atoms with Crippen LogP contribution < -0.4 is 10.1 Å².